The zero-order chi connectivity index (χ0) is 11.4. The molecule has 1 aromatic carbocycles. The molecule has 0 radical (unpaired) electrons. The van der Waals surface area contributed by atoms with Crippen LogP contribution in [0.25, 0.3) is 11.3 Å². The summed E-state index contributed by atoms with van der Waals surface area (Å²) in [6, 6.07) is 11.3. The fourth-order valence-corrected chi connectivity index (χ4v) is 1.44. The highest BCUT2D eigenvalue weighted by Crippen LogP contribution is 2.22. The molecule has 0 unspecified atom stereocenters. The van der Waals surface area contributed by atoms with Crippen LogP contribution < -0.4 is 5.32 Å². The molecule has 0 bridgehead atoms. The predicted molar refractivity (Wildman–Crippen MR) is 63.1 cm³/mol. The van der Waals surface area contributed by atoms with Gasteiger partial charge in [-0.25, -0.2) is 0 Å². The third-order valence-corrected chi connectivity index (χ3v) is 2.27. The van der Waals surface area contributed by atoms with Crippen molar-refractivity contribution in [3.63, 3.8) is 0 Å². The second-order valence-corrected chi connectivity index (χ2v) is 3.46. The van der Waals surface area contributed by atoms with E-state index in [9.17, 15) is 4.79 Å². The van der Waals surface area contributed by atoms with Crippen molar-refractivity contribution in [1.82, 2.24) is 0 Å². The lowest BCUT2D eigenvalue weighted by atomic mass is 10.1. The lowest BCUT2D eigenvalue weighted by Crippen LogP contribution is -2.09. The molecule has 0 aliphatic rings. The monoisotopic (exact) mass is 215 g/mol. The summed E-state index contributed by atoms with van der Waals surface area (Å²) in [5, 5.41) is 2.81. The standard InChI is InChI=1S/C13H13NO2/c1-2-13(15)14-11-6-3-5-10(9-11)12-7-4-8-16-12/h3-9H,2H2,1H3,(H,14,15). The van der Waals surface area contributed by atoms with E-state index in [1.807, 2.05) is 43.3 Å². The van der Waals surface area contributed by atoms with E-state index in [0.717, 1.165) is 17.0 Å². The average Bonchev–Trinajstić information content (AvgIpc) is 2.83. The summed E-state index contributed by atoms with van der Waals surface area (Å²) in [6.07, 6.45) is 2.11. The number of nitrogens with one attached hydrogen (secondary N) is 1. The van der Waals surface area contributed by atoms with Crippen molar-refractivity contribution in [2.45, 2.75) is 13.3 Å². The Bertz CT molecular complexity index is 474. The third-order valence-electron chi connectivity index (χ3n) is 2.27. The van der Waals surface area contributed by atoms with Gasteiger partial charge in [-0.05, 0) is 24.3 Å². The minimum Gasteiger partial charge on any atom is -0.464 e. The average molecular weight is 215 g/mol. The summed E-state index contributed by atoms with van der Waals surface area (Å²) in [4.78, 5) is 11.2. The molecular formula is C13H13NO2. The normalized spacial score (nSPS) is 10.1. The van der Waals surface area contributed by atoms with E-state index in [2.05, 4.69) is 5.32 Å². The lowest BCUT2D eigenvalue weighted by molar-refractivity contribution is -0.115. The zero-order valence-electron chi connectivity index (χ0n) is 9.07. The number of hydrogen-bond acceptors (Lipinski definition) is 2. The number of furan rings is 1. The van der Waals surface area contributed by atoms with E-state index in [1.165, 1.54) is 0 Å². The molecule has 0 aliphatic carbocycles. The van der Waals surface area contributed by atoms with Gasteiger partial charge in [0.2, 0.25) is 5.91 Å². The Labute approximate surface area is 94.1 Å². The topological polar surface area (TPSA) is 42.2 Å². The highest BCUT2D eigenvalue weighted by atomic mass is 16.3. The zero-order valence-corrected chi connectivity index (χ0v) is 9.07. The second kappa shape index (κ2) is 4.66. The fraction of sp³-hybridized carbons (Fsp3) is 0.154. The Morgan fingerprint density at radius 3 is 2.88 bits per heavy atom. The number of carbonyl (C=O) groups is 1. The van der Waals surface area contributed by atoms with Gasteiger partial charge < -0.3 is 9.73 Å². The molecule has 3 heteroatoms. The van der Waals surface area contributed by atoms with Crippen LogP contribution in [0.4, 0.5) is 5.69 Å². The van der Waals surface area contributed by atoms with E-state index in [-0.39, 0.29) is 5.91 Å². The van der Waals surface area contributed by atoms with Crippen molar-refractivity contribution >= 4 is 11.6 Å². The minimum atomic E-state index is 0.0107. The number of benzene rings is 1. The molecule has 0 saturated carbocycles. The van der Waals surface area contributed by atoms with Gasteiger partial charge in [-0.15, -0.1) is 0 Å². The Kier molecular flexibility index (Phi) is 3.05. The van der Waals surface area contributed by atoms with Crippen molar-refractivity contribution in [3.05, 3.63) is 42.7 Å². The molecule has 0 fully saturated rings. The minimum absolute atomic E-state index is 0.0107. The van der Waals surface area contributed by atoms with Crippen molar-refractivity contribution in [2.24, 2.45) is 0 Å². The van der Waals surface area contributed by atoms with Gasteiger partial charge in [-0.3, -0.25) is 4.79 Å². The van der Waals surface area contributed by atoms with E-state index < -0.39 is 0 Å². The van der Waals surface area contributed by atoms with Crippen molar-refractivity contribution in [3.8, 4) is 11.3 Å². The third kappa shape index (κ3) is 2.31. The molecule has 16 heavy (non-hydrogen) atoms. The van der Waals surface area contributed by atoms with Crippen LogP contribution in [0.3, 0.4) is 0 Å². The molecule has 1 amide bonds. The van der Waals surface area contributed by atoms with Crippen LogP contribution in [0.2, 0.25) is 0 Å². The van der Waals surface area contributed by atoms with Gasteiger partial charge in [-0.1, -0.05) is 19.1 Å². The van der Waals surface area contributed by atoms with Gasteiger partial charge in [0.05, 0.1) is 6.26 Å². The van der Waals surface area contributed by atoms with Crippen LogP contribution in [0.1, 0.15) is 13.3 Å². The quantitative estimate of drug-likeness (QED) is 0.853. The molecular weight excluding hydrogens is 202 g/mol. The Hall–Kier alpha value is -2.03. The van der Waals surface area contributed by atoms with Crippen LogP contribution in [-0.2, 0) is 4.79 Å². The van der Waals surface area contributed by atoms with Gasteiger partial charge in [0.1, 0.15) is 5.76 Å². The van der Waals surface area contributed by atoms with Crippen molar-refractivity contribution in [1.29, 1.82) is 0 Å². The molecule has 0 aliphatic heterocycles. The molecule has 0 atom stereocenters. The van der Waals surface area contributed by atoms with Crippen molar-refractivity contribution in [2.75, 3.05) is 5.32 Å². The summed E-state index contributed by atoms with van der Waals surface area (Å²) in [6.45, 7) is 1.83. The number of anilines is 1. The molecule has 2 rings (SSSR count). The highest BCUT2D eigenvalue weighted by molar-refractivity contribution is 5.91. The van der Waals surface area contributed by atoms with Gasteiger partial charge in [0.25, 0.3) is 0 Å². The SMILES string of the molecule is CCC(=O)Nc1cccc(-c2ccco2)c1. The summed E-state index contributed by atoms with van der Waals surface area (Å²) in [7, 11) is 0. The number of carbonyl (C=O) groups excluding carboxylic acids is 1. The number of rotatable bonds is 3. The molecule has 82 valence electrons. The first kappa shape index (κ1) is 10.5. The first-order chi connectivity index (χ1) is 7.79. The Balaban J connectivity index is 2.23. The molecule has 1 N–H and O–H groups in total. The van der Waals surface area contributed by atoms with Gasteiger partial charge in [-0.2, -0.15) is 0 Å². The summed E-state index contributed by atoms with van der Waals surface area (Å²) < 4.78 is 5.29. The smallest absolute Gasteiger partial charge is 0.224 e. The molecule has 1 heterocycles. The van der Waals surface area contributed by atoms with Crippen LogP contribution in [-0.4, -0.2) is 5.91 Å². The molecule has 0 saturated heterocycles. The number of amides is 1. The maximum absolute atomic E-state index is 11.2. The first-order valence-corrected chi connectivity index (χ1v) is 5.23. The van der Waals surface area contributed by atoms with E-state index in [4.69, 9.17) is 4.42 Å². The van der Waals surface area contributed by atoms with Gasteiger partial charge in [0.15, 0.2) is 0 Å². The summed E-state index contributed by atoms with van der Waals surface area (Å²) in [5.74, 6) is 0.809. The van der Waals surface area contributed by atoms with E-state index >= 15 is 0 Å². The first-order valence-electron chi connectivity index (χ1n) is 5.23. The maximum Gasteiger partial charge on any atom is 0.224 e. The van der Waals surface area contributed by atoms with Gasteiger partial charge >= 0.3 is 0 Å². The van der Waals surface area contributed by atoms with Crippen LogP contribution in [0.5, 0.6) is 0 Å². The largest absolute Gasteiger partial charge is 0.464 e. The second-order valence-electron chi connectivity index (χ2n) is 3.46. The number of hydrogen-bond donors (Lipinski definition) is 1. The fourth-order valence-electron chi connectivity index (χ4n) is 1.44. The predicted octanol–water partition coefficient (Wildman–Crippen LogP) is 3.30. The molecule has 3 nitrogen and oxygen atoms in total. The van der Waals surface area contributed by atoms with Crippen LogP contribution >= 0.6 is 0 Å². The van der Waals surface area contributed by atoms with Crippen LogP contribution in [0, 0.1) is 0 Å². The molecule has 2 aromatic rings. The summed E-state index contributed by atoms with van der Waals surface area (Å²) >= 11 is 0. The lowest BCUT2D eigenvalue weighted by Gasteiger charge is -2.04. The van der Waals surface area contributed by atoms with Crippen molar-refractivity contribution < 1.29 is 9.21 Å². The highest BCUT2D eigenvalue weighted by Gasteiger charge is 2.03. The molecule has 1 aromatic heterocycles. The Morgan fingerprint density at radius 1 is 1.31 bits per heavy atom. The summed E-state index contributed by atoms with van der Waals surface area (Å²) in [5.41, 5.74) is 1.75. The van der Waals surface area contributed by atoms with E-state index in [0.29, 0.717) is 6.42 Å². The van der Waals surface area contributed by atoms with Crippen LogP contribution in [0.15, 0.2) is 47.1 Å². The van der Waals surface area contributed by atoms with E-state index in [1.54, 1.807) is 6.26 Å². The maximum atomic E-state index is 11.2. The molecule has 0 spiro atoms. The van der Waals surface area contributed by atoms with Gasteiger partial charge in [0, 0.05) is 17.7 Å². The Morgan fingerprint density at radius 2 is 2.19 bits per heavy atom.